The molecule has 6 rings (SSSR count). The first kappa shape index (κ1) is 15.0. The molecule has 0 unspecified atom stereocenters. The molecule has 0 spiro atoms. The molecule has 1 heterocycles. The van der Waals surface area contributed by atoms with E-state index in [1.807, 2.05) is 29.0 Å². The van der Waals surface area contributed by atoms with Crippen LogP contribution in [0.4, 0.5) is 0 Å². The van der Waals surface area contributed by atoms with Gasteiger partial charge in [-0.2, -0.15) is 10.4 Å². The largest absolute Gasteiger partial charge is 0.240 e. The number of hydrogen-bond acceptors (Lipinski definition) is 2. The van der Waals surface area contributed by atoms with Crippen molar-refractivity contribution in [3.05, 3.63) is 53.9 Å². The van der Waals surface area contributed by atoms with Gasteiger partial charge in [0, 0.05) is 23.3 Å². The van der Waals surface area contributed by atoms with Crippen LogP contribution in [0.3, 0.4) is 0 Å². The first-order chi connectivity index (χ1) is 12.3. The molecule has 4 fully saturated rings. The van der Waals surface area contributed by atoms with E-state index < -0.39 is 0 Å². The van der Waals surface area contributed by atoms with Crippen molar-refractivity contribution in [1.29, 1.82) is 5.26 Å². The highest BCUT2D eigenvalue weighted by Gasteiger charge is 2.53. The Balaban J connectivity index is 1.61. The average Bonchev–Trinajstić information content (AvgIpc) is 3.05. The van der Waals surface area contributed by atoms with Crippen molar-refractivity contribution in [2.75, 3.05) is 0 Å². The maximum atomic E-state index is 9.01. The van der Waals surface area contributed by atoms with E-state index in [1.54, 1.807) is 6.08 Å². The second kappa shape index (κ2) is 5.59. The number of nitriles is 1. The Bertz CT molecular complexity index is 818. The Kier molecular flexibility index (Phi) is 3.35. The highest BCUT2D eigenvalue weighted by Crippen LogP contribution is 2.60. The van der Waals surface area contributed by atoms with E-state index in [1.165, 1.54) is 44.2 Å². The molecule has 0 aliphatic heterocycles. The van der Waals surface area contributed by atoms with Gasteiger partial charge in [0.25, 0.3) is 0 Å². The van der Waals surface area contributed by atoms with Gasteiger partial charge in [-0.3, -0.25) is 0 Å². The number of benzene rings is 1. The second-order valence-corrected chi connectivity index (χ2v) is 8.37. The zero-order chi connectivity index (χ0) is 16.9. The van der Waals surface area contributed by atoms with Crippen LogP contribution in [-0.4, -0.2) is 9.78 Å². The molecule has 2 aromatic rings. The summed E-state index contributed by atoms with van der Waals surface area (Å²) in [6.07, 6.45) is 13.8. The highest BCUT2D eigenvalue weighted by atomic mass is 15.3. The fraction of sp³-hybridized carbons (Fsp3) is 0.455. The Morgan fingerprint density at radius 1 is 1.04 bits per heavy atom. The zero-order valence-electron chi connectivity index (χ0n) is 14.4. The maximum absolute atomic E-state index is 9.01. The molecule has 3 nitrogen and oxygen atoms in total. The van der Waals surface area contributed by atoms with E-state index >= 15 is 0 Å². The minimum Gasteiger partial charge on any atom is -0.240 e. The Labute approximate surface area is 149 Å². The molecule has 0 saturated heterocycles. The van der Waals surface area contributed by atoms with Gasteiger partial charge in [0.2, 0.25) is 0 Å². The van der Waals surface area contributed by atoms with Crippen molar-refractivity contribution in [2.24, 2.45) is 17.8 Å². The molecule has 4 bridgehead atoms. The summed E-state index contributed by atoms with van der Waals surface area (Å²) in [7, 11) is 0. The lowest BCUT2D eigenvalue weighted by molar-refractivity contribution is -0.00742. The molecule has 1 aromatic carbocycles. The molecule has 0 radical (unpaired) electrons. The summed E-state index contributed by atoms with van der Waals surface area (Å²) in [4.78, 5) is 0. The van der Waals surface area contributed by atoms with Crippen molar-refractivity contribution >= 4 is 6.08 Å². The van der Waals surface area contributed by atoms with Gasteiger partial charge in [0.1, 0.15) is 0 Å². The molecular formula is C22H23N3. The van der Waals surface area contributed by atoms with Crippen molar-refractivity contribution in [3.8, 4) is 11.8 Å². The van der Waals surface area contributed by atoms with E-state index in [-0.39, 0.29) is 5.41 Å². The van der Waals surface area contributed by atoms with Crippen LogP contribution in [0.2, 0.25) is 0 Å². The fourth-order valence-electron chi connectivity index (χ4n) is 6.16. The number of nitrogens with zero attached hydrogens (tertiary/aromatic N) is 3. The molecule has 1 aromatic heterocycles. The van der Waals surface area contributed by atoms with Crippen LogP contribution in [0.15, 0.2) is 42.6 Å². The van der Waals surface area contributed by atoms with E-state index in [4.69, 9.17) is 10.4 Å². The number of para-hydroxylation sites is 1. The molecule has 0 N–H and O–H groups in total. The Morgan fingerprint density at radius 3 is 2.28 bits per heavy atom. The smallest absolute Gasteiger partial charge is 0.0912 e. The van der Waals surface area contributed by atoms with E-state index in [0.29, 0.717) is 0 Å². The van der Waals surface area contributed by atoms with Crippen LogP contribution in [0.1, 0.15) is 49.8 Å². The monoisotopic (exact) mass is 329 g/mol. The number of aromatic nitrogens is 2. The summed E-state index contributed by atoms with van der Waals surface area (Å²) in [5.74, 6) is 2.67. The van der Waals surface area contributed by atoms with Crippen LogP contribution < -0.4 is 0 Å². The van der Waals surface area contributed by atoms with E-state index in [2.05, 4.69) is 24.4 Å². The summed E-state index contributed by atoms with van der Waals surface area (Å²) in [6, 6.07) is 12.5. The highest BCUT2D eigenvalue weighted by molar-refractivity contribution is 5.56. The summed E-state index contributed by atoms with van der Waals surface area (Å²) >= 11 is 0. The number of hydrogen-bond donors (Lipinski definition) is 0. The predicted molar refractivity (Wildman–Crippen MR) is 98.1 cm³/mol. The fourth-order valence-corrected chi connectivity index (χ4v) is 6.16. The molecule has 4 aliphatic rings. The Hall–Kier alpha value is -2.34. The van der Waals surface area contributed by atoms with Crippen LogP contribution in [0.25, 0.3) is 11.8 Å². The summed E-state index contributed by atoms with van der Waals surface area (Å²) in [6.45, 7) is 0. The van der Waals surface area contributed by atoms with Crippen molar-refractivity contribution < 1.29 is 0 Å². The van der Waals surface area contributed by atoms with Crippen molar-refractivity contribution in [3.63, 3.8) is 0 Å². The first-order valence-electron chi connectivity index (χ1n) is 9.47. The van der Waals surface area contributed by atoms with Gasteiger partial charge in [-0.05, 0) is 74.5 Å². The van der Waals surface area contributed by atoms with Gasteiger partial charge < -0.3 is 0 Å². The van der Waals surface area contributed by atoms with Crippen molar-refractivity contribution in [2.45, 2.75) is 43.9 Å². The minimum absolute atomic E-state index is 0.240. The second-order valence-electron chi connectivity index (χ2n) is 8.37. The minimum atomic E-state index is 0.240. The van der Waals surface area contributed by atoms with Gasteiger partial charge >= 0.3 is 0 Å². The van der Waals surface area contributed by atoms with E-state index in [0.717, 1.165) is 29.0 Å². The standard InChI is InChI=1S/C22H23N3/c23-8-4-5-19-15-25(20-6-2-1-3-7-20)24-21(19)22-12-16-9-17(13-22)11-18(10-16)14-22/h1-7,15-18H,9-14H2/b5-4+. The average molecular weight is 329 g/mol. The molecular weight excluding hydrogens is 306 g/mol. The Morgan fingerprint density at radius 2 is 1.68 bits per heavy atom. The van der Waals surface area contributed by atoms with Crippen LogP contribution in [-0.2, 0) is 5.41 Å². The van der Waals surface area contributed by atoms with Gasteiger partial charge in [-0.25, -0.2) is 4.68 Å². The lowest BCUT2D eigenvalue weighted by Crippen LogP contribution is -2.49. The lowest BCUT2D eigenvalue weighted by Gasteiger charge is -2.56. The van der Waals surface area contributed by atoms with Gasteiger partial charge in [-0.15, -0.1) is 0 Å². The summed E-state index contributed by atoms with van der Waals surface area (Å²) in [5, 5.41) is 14.1. The van der Waals surface area contributed by atoms with Crippen molar-refractivity contribution in [1.82, 2.24) is 9.78 Å². The topological polar surface area (TPSA) is 41.6 Å². The zero-order valence-corrected chi connectivity index (χ0v) is 14.4. The quantitative estimate of drug-likeness (QED) is 0.753. The third kappa shape index (κ3) is 2.43. The van der Waals surface area contributed by atoms with Crippen LogP contribution >= 0.6 is 0 Å². The number of rotatable bonds is 3. The third-order valence-corrected chi connectivity index (χ3v) is 6.64. The molecule has 4 saturated carbocycles. The summed E-state index contributed by atoms with van der Waals surface area (Å²) < 4.78 is 2.00. The van der Waals surface area contributed by atoms with Crippen LogP contribution in [0.5, 0.6) is 0 Å². The third-order valence-electron chi connectivity index (χ3n) is 6.64. The number of allylic oxidation sites excluding steroid dienone is 1. The molecule has 0 atom stereocenters. The molecule has 0 amide bonds. The molecule has 126 valence electrons. The van der Waals surface area contributed by atoms with Gasteiger partial charge in [-0.1, -0.05) is 18.2 Å². The lowest BCUT2D eigenvalue weighted by atomic mass is 9.48. The van der Waals surface area contributed by atoms with E-state index in [9.17, 15) is 0 Å². The van der Waals surface area contributed by atoms with Gasteiger partial charge in [0.05, 0.1) is 17.5 Å². The first-order valence-corrected chi connectivity index (χ1v) is 9.47. The SMILES string of the molecule is N#C/C=C/c1cn(-c2ccccc2)nc1C12CC3CC(CC(C3)C1)C2. The predicted octanol–water partition coefficient (Wildman–Crippen LogP) is 4.88. The van der Waals surface area contributed by atoms with Crippen LogP contribution in [0, 0.1) is 29.1 Å². The maximum Gasteiger partial charge on any atom is 0.0912 e. The normalized spacial score (nSPS) is 33.0. The molecule has 25 heavy (non-hydrogen) atoms. The summed E-state index contributed by atoms with van der Waals surface area (Å²) in [5.41, 5.74) is 3.70. The molecule has 3 heteroatoms. The molecule has 4 aliphatic carbocycles. The van der Waals surface area contributed by atoms with Gasteiger partial charge in [0.15, 0.2) is 0 Å².